The number of halogens is 1. The third-order valence-corrected chi connectivity index (χ3v) is 2.69. The van der Waals surface area contributed by atoms with Crippen molar-refractivity contribution in [2.75, 3.05) is 7.05 Å². The van der Waals surface area contributed by atoms with E-state index >= 15 is 0 Å². The van der Waals surface area contributed by atoms with Crippen LogP contribution in [0.4, 0.5) is 4.39 Å². The van der Waals surface area contributed by atoms with Crippen molar-refractivity contribution in [3.63, 3.8) is 0 Å². The van der Waals surface area contributed by atoms with Gasteiger partial charge in [0, 0.05) is 18.4 Å². The molecule has 0 aliphatic heterocycles. The summed E-state index contributed by atoms with van der Waals surface area (Å²) in [6.45, 7) is 1.99. The summed E-state index contributed by atoms with van der Waals surface area (Å²) in [7, 11) is 1.85. The average molecular weight is 219 g/mol. The number of rotatable bonds is 3. The maximum absolute atomic E-state index is 13.8. The summed E-state index contributed by atoms with van der Waals surface area (Å²) in [4.78, 5) is 3.90. The first-order valence-corrected chi connectivity index (χ1v) is 5.17. The quantitative estimate of drug-likeness (QED) is 0.858. The van der Waals surface area contributed by atoms with Crippen molar-refractivity contribution in [2.45, 2.75) is 13.0 Å². The third-order valence-electron chi connectivity index (χ3n) is 2.69. The summed E-state index contributed by atoms with van der Waals surface area (Å²) >= 11 is 0. The van der Waals surface area contributed by atoms with Crippen molar-refractivity contribution in [1.29, 1.82) is 0 Å². The SMILES string of the molecule is CN[C@H](C)c1ccc(-n2ccnc2)c(F)c1. The number of hydrogen-bond acceptors (Lipinski definition) is 2. The molecule has 0 amide bonds. The van der Waals surface area contributed by atoms with Crippen molar-refractivity contribution in [3.05, 3.63) is 48.3 Å². The van der Waals surface area contributed by atoms with Crippen molar-refractivity contribution in [3.8, 4) is 5.69 Å². The maximum atomic E-state index is 13.8. The summed E-state index contributed by atoms with van der Waals surface area (Å²) in [5.74, 6) is -0.238. The van der Waals surface area contributed by atoms with Crippen LogP contribution in [0.1, 0.15) is 18.5 Å². The normalized spacial score (nSPS) is 12.7. The average Bonchev–Trinajstić information content (AvgIpc) is 2.81. The molecule has 0 spiro atoms. The molecule has 0 bridgehead atoms. The van der Waals surface area contributed by atoms with Crippen molar-refractivity contribution in [2.24, 2.45) is 0 Å². The third kappa shape index (κ3) is 1.97. The van der Waals surface area contributed by atoms with Crippen LogP contribution in [-0.2, 0) is 0 Å². The Kier molecular flexibility index (Phi) is 3.01. The van der Waals surface area contributed by atoms with Gasteiger partial charge in [0.1, 0.15) is 5.82 Å². The Labute approximate surface area is 93.9 Å². The van der Waals surface area contributed by atoms with Gasteiger partial charge in [-0.15, -0.1) is 0 Å². The Balaban J connectivity index is 2.37. The molecule has 3 nitrogen and oxygen atoms in total. The lowest BCUT2D eigenvalue weighted by Crippen LogP contribution is -2.12. The molecular formula is C12H14FN3. The minimum Gasteiger partial charge on any atom is -0.313 e. The number of imidazole rings is 1. The first-order chi connectivity index (χ1) is 7.72. The highest BCUT2D eigenvalue weighted by molar-refractivity contribution is 5.37. The van der Waals surface area contributed by atoms with E-state index in [-0.39, 0.29) is 11.9 Å². The lowest BCUT2D eigenvalue weighted by molar-refractivity contribution is 0.601. The zero-order valence-electron chi connectivity index (χ0n) is 9.31. The molecule has 2 aromatic rings. The second-order valence-corrected chi connectivity index (χ2v) is 3.69. The monoisotopic (exact) mass is 219 g/mol. The predicted octanol–water partition coefficient (Wildman–Crippen LogP) is 2.29. The zero-order chi connectivity index (χ0) is 11.5. The summed E-state index contributed by atoms with van der Waals surface area (Å²) in [6, 6.07) is 5.38. The minimum atomic E-state index is -0.238. The molecular weight excluding hydrogens is 205 g/mol. The van der Waals surface area contributed by atoms with Crippen LogP contribution in [0, 0.1) is 5.82 Å². The van der Waals surface area contributed by atoms with E-state index < -0.39 is 0 Å². The number of aromatic nitrogens is 2. The highest BCUT2D eigenvalue weighted by atomic mass is 19.1. The van der Waals surface area contributed by atoms with Gasteiger partial charge in [0.05, 0.1) is 12.0 Å². The summed E-state index contributed by atoms with van der Waals surface area (Å²) in [6.07, 6.45) is 4.93. The molecule has 0 aliphatic rings. The van der Waals surface area contributed by atoms with Crippen LogP contribution in [0.2, 0.25) is 0 Å². The number of nitrogens with one attached hydrogen (secondary N) is 1. The van der Waals surface area contributed by atoms with Crippen LogP contribution in [-0.4, -0.2) is 16.6 Å². The molecule has 0 radical (unpaired) electrons. The Morgan fingerprint density at radius 3 is 2.81 bits per heavy atom. The van der Waals surface area contributed by atoms with Gasteiger partial charge in [0.2, 0.25) is 0 Å². The molecule has 4 heteroatoms. The lowest BCUT2D eigenvalue weighted by atomic mass is 10.1. The van der Waals surface area contributed by atoms with Gasteiger partial charge in [-0.2, -0.15) is 0 Å². The molecule has 1 atom stereocenters. The molecule has 0 unspecified atom stereocenters. The van der Waals surface area contributed by atoms with E-state index in [1.54, 1.807) is 35.4 Å². The molecule has 0 aliphatic carbocycles. The fraction of sp³-hybridized carbons (Fsp3) is 0.250. The van der Waals surface area contributed by atoms with E-state index in [9.17, 15) is 4.39 Å². The summed E-state index contributed by atoms with van der Waals surface area (Å²) in [5.41, 5.74) is 1.45. The first-order valence-electron chi connectivity index (χ1n) is 5.17. The largest absolute Gasteiger partial charge is 0.313 e. The fourth-order valence-electron chi connectivity index (χ4n) is 1.57. The molecule has 1 aromatic heterocycles. The Morgan fingerprint density at radius 1 is 1.44 bits per heavy atom. The minimum absolute atomic E-state index is 0.145. The number of nitrogens with zero attached hydrogens (tertiary/aromatic N) is 2. The van der Waals surface area contributed by atoms with Gasteiger partial charge >= 0.3 is 0 Å². The standard InChI is InChI=1S/C12H14FN3/c1-9(14-2)10-3-4-12(11(13)7-10)16-6-5-15-8-16/h3-9,14H,1-2H3/t9-/m1/s1. The topological polar surface area (TPSA) is 29.9 Å². The number of benzene rings is 1. The van der Waals surface area contributed by atoms with E-state index in [2.05, 4.69) is 10.3 Å². The molecule has 2 rings (SSSR count). The summed E-state index contributed by atoms with van der Waals surface area (Å²) < 4.78 is 15.5. The van der Waals surface area contributed by atoms with Crippen molar-refractivity contribution >= 4 is 0 Å². The predicted molar refractivity (Wildman–Crippen MR) is 61.0 cm³/mol. The molecule has 1 aromatic carbocycles. The van der Waals surface area contributed by atoms with Gasteiger partial charge in [-0.25, -0.2) is 9.37 Å². The highest BCUT2D eigenvalue weighted by Crippen LogP contribution is 2.19. The van der Waals surface area contributed by atoms with E-state index in [0.717, 1.165) is 5.56 Å². The number of hydrogen-bond donors (Lipinski definition) is 1. The van der Waals surface area contributed by atoms with Crippen LogP contribution in [0.25, 0.3) is 5.69 Å². The van der Waals surface area contributed by atoms with Crippen LogP contribution in [0.5, 0.6) is 0 Å². The zero-order valence-corrected chi connectivity index (χ0v) is 9.31. The molecule has 0 fully saturated rings. The van der Waals surface area contributed by atoms with E-state index in [0.29, 0.717) is 5.69 Å². The van der Waals surface area contributed by atoms with Crippen molar-refractivity contribution in [1.82, 2.24) is 14.9 Å². The molecule has 1 N–H and O–H groups in total. The van der Waals surface area contributed by atoms with Crippen molar-refractivity contribution < 1.29 is 4.39 Å². The summed E-state index contributed by atoms with van der Waals surface area (Å²) in [5, 5.41) is 3.08. The van der Waals surface area contributed by atoms with E-state index in [1.165, 1.54) is 0 Å². The highest BCUT2D eigenvalue weighted by Gasteiger charge is 2.08. The lowest BCUT2D eigenvalue weighted by Gasteiger charge is -2.12. The van der Waals surface area contributed by atoms with Crippen LogP contribution in [0.3, 0.4) is 0 Å². The molecule has 1 heterocycles. The Bertz CT molecular complexity index is 465. The van der Waals surface area contributed by atoms with Crippen LogP contribution < -0.4 is 5.32 Å². The second-order valence-electron chi connectivity index (χ2n) is 3.69. The Hall–Kier alpha value is -1.68. The first kappa shape index (κ1) is 10.8. The fourth-order valence-corrected chi connectivity index (χ4v) is 1.57. The van der Waals surface area contributed by atoms with Gasteiger partial charge in [-0.05, 0) is 31.7 Å². The van der Waals surface area contributed by atoms with Crippen LogP contribution >= 0.6 is 0 Å². The van der Waals surface area contributed by atoms with Gasteiger partial charge < -0.3 is 9.88 Å². The smallest absolute Gasteiger partial charge is 0.147 e. The maximum Gasteiger partial charge on any atom is 0.147 e. The molecule has 84 valence electrons. The van der Waals surface area contributed by atoms with E-state index in [4.69, 9.17) is 0 Å². The molecule has 16 heavy (non-hydrogen) atoms. The second kappa shape index (κ2) is 4.45. The van der Waals surface area contributed by atoms with Crippen LogP contribution in [0.15, 0.2) is 36.9 Å². The Morgan fingerprint density at radius 2 is 2.25 bits per heavy atom. The van der Waals surface area contributed by atoms with E-state index in [1.807, 2.05) is 20.0 Å². The van der Waals surface area contributed by atoms with Gasteiger partial charge in [-0.1, -0.05) is 6.07 Å². The molecule has 0 saturated carbocycles. The molecule has 0 saturated heterocycles. The van der Waals surface area contributed by atoms with Gasteiger partial charge in [0.15, 0.2) is 0 Å². The van der Waals surface area contributed by atoms with Gasteiger partial charge in [0.25, 0.3) is 0 Å². The van der Waals surface area contributed by atoms with Gasteiger partial charge in [-0.3, -0.25) is 0 Å².